The first-order valence-corrected chi connectivity index (χ1v) is 4.53. The summed E-state index contributed by atoms with van der Waals surface area (Å²) >= 11 is 0. The summed E-state index contributed by atoms with van der Waals surface area (Å²) in [5, 5.41) is 17.1. The molecule has 0 spiro atoms. The first kappa shape index (κ1) is 10.7. The van der Waals surface area contributed by atoms with Gasteiger partial charge in [0.1, 0.15) is 0 Å². The number of rotatable bonds is 4. The Balaban J connectivity index is 2.72. The van der Waals surface area contributed by atoms with E-state index in [0.717, 1.165) is 12.8 Å². The van der Waals surface area contributed by atoms with Crippen LogP contribution >= 0.6 is 0 Å². The van der Waals surface area contributed by atoms with Gasteiger partial charge in [-0.2, -0.15) is 0 Å². The normalized spacial score (nSPS) is 17.2. The van der Waals surface area contributed by atoms with Gasteiger partial charge in [0, 0.05) is 5.92 Å². The molecule has 1 fully saturated rings. The van der Waals surface area contributed by atoms with Gasteiger partial charge >= 0.3 is 11.9 Å². The van der Waals surface area contributed by atoms with Gasteiger partial charge in [-0.05, 0) is 12.8 Å². The van der Waals surface area contributed by atoms with Crippen LogP contribution in [0.1, 0.15) is 25.7 Å². The highest BCUT2D eigenvalue weighted by atomic mass is 16.4. The first-order valence-electron chi connectivity index (χ1n) is 4.53. The Labute approximate surface area is 80.7 Å². The summed E-state index contributed by atoms with van der Waals surface area (Å²) in [4.78, 5) is 32.5. The molecular weight excluding hydrogens is 188 g/mol. The van der Waals surface area contributed by atoms with Gasteiger partial charge in [-0.15, -0.1) is 0 Å². The van der Waals surface area contributed by atoms with Crippen LogP contribution in [0, 0.1) is 11.8 Å². The summed E-state index contributed by atoms with van der Waals surface area (Å²) in [6.07, 6.45) is 3.00. The Morgan fingerprint density at radius 3 is 1.79 bits per heavy atom. The quantitative estimate of drug-likeness (QED) is 0.646. The Morgan fingerprint density at radius 2 is 1.43 bits per heavy atom. The zero-order valence-corrected chi connectivity index (χ0v) is 7.60. The van der Waals surface area contributed by atoms with E-state index in [9.17, 15) is 14.4 Å². The van der Waals surface area contributed by atoms with Crippen LogP contribution in [0.2, 0.25) is 0 Å². The van der Waals surface area contributed by atoms with E-state index < -0.39 is 23.6 Å². The maximum atomic E-state index is 11.5. The van der Waals surface area contributed by atoms with Crippen molar-refractivity contribution in [1.29, 1.82) is 0 Å². The Morgan fingerprint density at radius 1 is 1.00 bits per heavy atom. The van der Waals surface area contributed by atoms with E-state index in [0.29, 0.717) is 12.8 Å². The minimum Gasteiger partial charge on any atom is -0.480 e. The molecule has 0 aromatic heterocycles. The Hall–Kier alpha value is -1.39. The van der Waals surface area contributed by atoms with Crippen molar-refractivity contribution in [2.24, 2.45) is 11.8 Å². The minimum atomic E-state index is -1.88. The van der Waals surface area contributed by atoms with Gasteiger partial charge in [0.05, 0.1) is 0 Å². The van der Waals surface area contributed by atoms with Gasteiger partial charge in [0.25, 0.3) is 0 Å². The maximum absolute atomic E-state index is 11.5. The van der Waals surface area contributed by atoms with Crippen LogP contribution in [0.25, 0.3) is 0 Å². The van der Waals surface area contributed by atoms with Crippen molar-refractivity contribution in [3.8, 4) is 0 Å². The molecule has 0 heterocycles. The fourth-order valence-corrected chi connectivity index (χ4v) is 1.80. The van der Waals surface area contributed by atoms with Crippen LogP contribution in [-0.2, 0) is 14.4 Å². The average molecular weight is 200 g/mol. The molecule has 1 saturated carbocycles. The number of hydrogen-bond donors (Lipinski definition) is 2. The second-order valence-electron chi connectivity index (χ2n) is 3.49. The highest BCUT2D eigenvalue weighted by Crippen LogP contribution is 2.28. The average Bonchev–Trinajstić information content (AvgIpc) is 2.53. The van der Waals surface area contributed by atoms with Gasteiger partial charge < -0.3 is 10.2 Å². The van der Waals surface area contributed by atoms with E-state index in [-0.39, 0.29) is 5.92 Å². The monoisotopic (exact) mass is 200 g/mol. The lowest BCUT2D eigenvalue weighted by Crippen LogP contribution is -2.35. The van der Waals surface area contributed by atoms with Crippen molar-refractivity contribution in [1.82, 2.24) is 0 Å². The number of carboxylic acids is 2. The van der Waals surface area contributed by atoms with Crippen molar-refractivity contribution in [2.45, 2.75) is 25.7 Å². The molecule has 0 amide bonds. The van der Waals surface area contributed by atoms with E-state index in [1.807, 2.05) is 0 Å². The summed E-state index contributed by atoms with van der Waals surface area (Å²) in [5.41, 5.74) is 0. The molecule has 1 aliphatic carbocycles. The van der Waals surface area contributed by atoms with Crippen LogP contribution < -0.4 is 0 Å². The van der Waals surface area contributed by atoms with Crippen molar-refractivity contribution < 1.29 is 24.6 Å². The van der Waals surface area contributed by atoms with E-state index in [2.05, 4.69) is 0 Å². The van der Waals surface area contributed by atoms with Crippen LogP contribution in [0.3, 0.4) is 0 Å². The van der Waals surface area contributed by atoms with Crippen LogP contribution in [0.4, 0.5) is 0 Å². The molecule has 0 radical (unpaired) electrons. The van der Waals surface area contributed by atoms with Gasteiger partial charge in [0.2, 0.25) is 5.92 Å². The highest BCUT2D eigenvalue weighted by Gasteiger charge is 2.38. The van der Waals surface area contributed by atoms with E-state index >= 15 is 0 Å². The minimum absolute atomic E-state index is 0.368. The predicted molar refractivity (Wildman–Crippen MR) is 45.7 cm³/mol. The number of hydrogen-bond acceptors (Lipinski definition) is 3. The van der Waals surface area contributed by atoms with Gasteiger partial charge in [0.15, 0.2) is 5.78 Å². The number of aliphatic carboxylic acids is 2. The molecule has 0 unspecified atom stereocenters. The number of carbonyl (C=O) groups is 3. The molecule has 5 nitrogen and oxygen atoms in total. The summed E-state index contributed by atoms with van der Waals surface area (Å²) in [5.74, 6) is -6.02. The van der Waals surface area contributed by atoms with Crippen molar-refractivity contribution in [3.05, 3.63) is 0 Å². The summed E-state index contributed by atoms with van der Waals surface area (Å²) in [6, 6.07) is 0. The molecule has 1 aliphatic rings. The smallest absolute Gasteiger partial charge is 0.325 e. The zero-order valence-electron chi connectivity index (χ0n) is 7.60. The molecule has 0 aromatic carbocycles. The van der Waals surface area contributed by atoms with Gasteiger partial charge in [-0.25, -0.2) is 0 Å². The van der Waals surface area contributed by atoms with Crippen molar-refractivity contribution in [2.75, 3.05) is 0 Å². The Kier molecular flexibility index (Phi) is 3.22. The third-order valence-electron chi connectivity index (χ3n) is 2.54. The van der Waals surface area contributed by atoms with E-state index in [1.165, 1.54) is 0 Å². The lowest BCUT2D eigenvalue weighted by atomic mass is 9.92. The van der Waals surface area contributed by atoms with Crippen LogP contribution in [0.15, 0.2) is 0 Å². The van der Waals surface area contributed by atoms with E-state index in [4.69, 9.17) is 10.2 Å². The summed E-state index contributed by atoms with van der Waals surface area (Å²) < 4.78 is 0. The van der Waals surface area contributed by atoms with Crippen molar-refractivity contribution in [3.63, 3.8) is 0 Å². The fourth-order valence-electron chi connectivity index (χ4n) is 1.80. The topological polar surface area (TPSA) is 91.7 Å². The van der Waals surface area contributed by atoms with Crippen molar-refractivity contribution >= 4 is 17.7 Å². The second-order valence-corrected chi connectivity index (χ2v) is 3.49. The largest absolute Gasteiger partial charge is 0.480 e. The molecule has 0 bridgehead atoms. The molecule has 0 aromatic rings. The maximum Gasteiger partial charge on any atom is 0.325 e. The summed E-state index contributed by atoms with van der Waals surface area (Å²) in [7, 11) is 0. The molecule has 0 aliphatic heterocycles. The zero-order chi connectivity index (χ0) is 10.7. The summed E-state index contributed by atoms with van der Waals surface area (Å²) in [6.45, 7) is 0. The molecular formula is C9H12O5. The Bertz CT molecular complexity index is 250. The van der Waals surface area contributed by atoms with Crippen LogP contribution in [-0.4, -0.2) is 27.9 Å². The predicted octanol–water partition coefficient (Wildman–Crippen LogP) is 0.531. The first-order chi connectivity index (χ1) is 6.54. The number of Topliss-reactive ketones (excluding diaryl/α,β-unsaturated/α-hetero) is 1. The van der Waals surface area contributed by atoms with Crippen LogP contribution in [0.5, 0.6) is 0 Å². The molecule has 14 heavy (non-hydrogen) atoms. The molecule has 5 heteroatoms. The second kappa shape index (κ2) is 4.21. The lowest BCUT2D eigenvalue weighted by molar-refractivity contribution is -0.158. The third kappa shape index (κ3) is 2.10. The molecule has 0 atom stereocenters. The third-order valence-corrected chi connectivity index (χ3v) is 2.54. The molecule has 78 valence electrons. The number of carboxylic acid groups (broad SMARTS) is 2. The SMILES string of the molecule is O=C(O)C(C(=O)O)C(=O)C1CCCC1. The fraction of sp³-hybridized carbons (Fsp3) is 0.667. The number of ketones is 1. The standard InChI is InChI=1S/C9H12O5/c10-7(5-3-1-2-4-5)6(8(11)12)9(13)14/h5-6H,1-4H2,(H,11,12)(H,13,14). The van der Waals surface area contributed by atoms with E-state index in [1.54, 1.807) is 0 Å². The van der Waals surface area contributed by atoms with Gasteiger partial charge in [-0.3, -0.25) is 14.4 Å². The van der Waals surface area contributed by atoms with Gasteiger partial charge in [-0.1, -0.05) is 12.8 Å². The molecule has 0 saturated heterocycles. The molecule has 2 N–H and O–H groups in total. The lowest BCUT2D eigenvalue weighted by Gasteiger charge is -2.11. The molecule has 1 rings (SSSR count). The number of carbonyl (C=O) groups excluding carboxylic acids is 1. The highest BCUT2D eigenvalue weighted by molar-refractivity contribution is 6.14.